The number of aryl methyl sites for hydroxylation is 1. The van der Waals surface area contributed by atoms with E-state index in [2.05, 4.69) is 5.32 Å². The molecule has 6 heteroatoms. The Bertz CT molecular complexity index is 845. The molecule has 0 unspecified atom stereocenters. The summed E-state index contributed by atoms with van der Waals surface area (Å²) in [5.74, 6) is -0.195. The monoisotopic (exact) mass is 376 g/mol. The molecule has 1 aliphatic heterocycles. The lowest BCUT2D eigenvalue weighted by Gasteiger charge is -2.25. The number of hydrogen-bond acceptors (Lipinski definition) is 3. The van der Waals surface area contributed by atoms with Gasteiger partial charge in [-0.3, -0.25) is 0 Å². The molecule has 1 fully saturated rings. The Morgan fingerprint density at radius 2 is 1.58 bits per heavy atom. The normalized spacial score (nSPS) is 15.9. The van der Waals surface area contributed by atoms with E-state index >= 15 is 0 Å². The molecule has 1 saturated heterocycles. The smallest absolute Gasteiger partial charge is 0.243 e. The van der Waals surface area contributed by atoms with E-state index in [1.807, 2.05) is 18.2 Å². The lowest BCUT2D eigenvalue weighted by atomic mass is 10.1. The van der Waals surface area contributed by atoms with Crippen LogP contribution in [0.5, 0.6) is 0 Å². The third kappa shape index (κ3) is 4.50. The van der Waals surface area contributed by atoms with Gasteiger partial charge in [0.05, 0.1) is 4.90 Å². The van der Waals surface area contributed by atoms with Crippen LogP contribution >= 0.6 is 0 Å². The average molecular weight is 376 g/mol. The molecule has 2 aromatic carbocycles. The average Bonchev–Trinajstić information content (AvgIpc) is 2.66. The Kier molecular flexibility index (Phi) is 6.06. The number of benzene rings is 2. The summed E-state index contributed by atoms with van der Waals surface area (Å²) in [6, 6.07) is 12.1. The topological polar surface area (TPSA) is 49.4 Å². The highest BCUT2D eigenvalue weighted by atomic mass is 32.2. The number of hydrogen-bond donors (Lipinski definition) is 1. The van der Waals surface area contributed by atoms with Crippen LogP contribution < -0.4 is 5.32 Å². The van der Waals surface area contributed by atoms with Crippen molar-refractivity contribution in [3.63, 3.8) is 0 Å². The van der Waals surface area contributed by atoms with E-state index in [1.165, 1.54) is 6.07 Å². The van der Waals surface area contributed by atoms with Gasteiger partial charge in [0.2, 0.25) is 10.0 Å². The third-order valence-electron chi connectivity index (χ3n) is 4.76. The van der Waals surface area contributed by atoms with Gasteiger partial charge in [-0.25, -0.2) is 12.8 Å². The van der Waals surface area contributed by atoms with Crippen molar-refractivity contribution < 1.29 is 12.8 Å². The predicted molar refractivity (Wildman–Crippen MR) is 101 cm³/mol. The van der Waals surface area contributed by atoms with E-state index in [9.17, 15) is 12.8 Å². The number of nitrogens with zero attached hydrogens (tertiary/aromatic N) is 1. The van der Waals surface area contributed by atoms with Gasteiger partial charge in [0.1, 0.15) is 5.82 Å². The Balaban J connectivity index is 1.58. The number of sulfonamides is 1. The molecular formula is C20H25FN2O2S. The van der Waals surface area contributed by atoms with Crippen molar-refractivity contribution in [1.82, 2.24) is 9.62 Å². The molecule has 0 atom stereocenters. The number of nitrogens with one attached hydrogen (secondary N) is 1. The van der Waals surface area contributed by atoms with E-state index in [1.54, 1.807) is 29.4 Å². The zero-order valence-electron chi connectivity index (χ0n) is 15.0. The van der Waals surface area contributed by atoms with E-state index in [4.69, 9.17) is 0 Å². The largest absolute Gasteiger partial charge is 0.309 e. The highest BCUT2D eigenvalue weighted by Gasteiger charge is 2.25. The van der Waals surface area contributed by atoms with Crippen molar-refractivity contribution in [2.24, 2.45) is 0 Å². The highest BCUT2D eigenvalue weighted by Crippen LogP contribution is 2.21. The standard InChI is InChI=1S/C20H25FN2O2S/c1-16-13-18(7-10-20(16)21)15-22-14-17-5-8-19(9-6-17)26(24,25)23-11-3-2-4-12-23/h5-10,13,22H,2-4,11-12,14-15H2,1H3. The molecule has 0 aliphatic carbocycles. The van der Waals surface area contributed by atoms with Crippen molar-refractivity contribution in [3.05, 3.63) is 65.0 Å². The molecular weight excluding hydrogens is 351 g/mol. The van der Waals surface area contributed by atoms with Crippen LogP contribution in [0.3, 0.4) is 0 Å². The molecule has 0 saturated carbocycles. The fraction of sp³-hybridized carbons (Fsp3) is 0.400. The maximum atomic E-state index is 13.3. The fourth-order valence-corrected chi connectivity index (χ4v) is 4.72. The molecule has 2 aromatic rings. The molecule has 0 bridgehead atoms. The van der Waals surface area contributed by atoms with Crippen LogP contribution in [0.15, 0.2) is 47.4 Å². The second-order valence-corrected chi connectivity index (χ2v) is 8.73. The molecule has 0 radical (unpaired) electrons. The lowest BCUT2D eigenvalue weighted by Crippen LogP contribution is -2.35. The zero-order valence-corrected chi connectivity index (χ0v) is 15.9. The van der Waals surface area contributed by atoms with Crippen LogP contribution in [-0.2, 0) is 23.1 Å². The predicted octanol–water partition coefficient (Wildman–Crippen LogP) is 3.60. The number of piperidine rings is 1. The maximum Gasteiger partial charge on any atom is 0.243 e. The molecule has 4 nitrogen and oxygen atoms in total. The fourth-order valence-electron chi connectivity index (χ4n) is 3.20. The maximum absolute atomic E-state index is 13.3. The van der Waals surface area contributed by atoms with Gasteiger partial charge >= 0.3 is 0 Å². The van der Waals surface area contributed by atoms with Crippen molar-refractivity contribution in [2.75, 3.05) is 13.1 Å². The first kappa shape index (κ1) is 19.0. The quantitative estimate of drug-likeness (QED) is 0.838. The first-order valence-corrected chi connectivity index (χ1v) is 10.5. The molecule has 1 aliphatic rings. The van der Waals surface area contributed by atoms with Gasteiger partial charge in [-0.1, -0.05) is 30.7 Å². The highest BCUT2D eigenvalue weighted by molar-refractivity contribution is 7.89. The lowest BCUT2D eigenvalue weighted by molar-refractivity contribution is 0.346. The molecule has 1 heterocycles. The van der Waals surface area contributed by atoms with E-state index in [0.29, 0.717) is 36.6 Å². The number of rotatable bonds is 6. The van der Waals surface area contributed by atoms with E-state index in [0.717, 1.165) is 30.4 Å². The van der Waals surface area contributed by atoms with Crippen LogP contribution in [0.25, 0.3) is 0 Å². The summed E-state index contributed by atoms with van der Waals surface area (Å²) >= 11 is 0. The minimum Gasteiger partial charge on any atom is -0.309 e. The van der Waals surface area contributed by atoms with Crippen LogP contribution in [-0.4, -0.2) is 25.8 Å². The summed E-state index contributed by atoms with van der Waals surface area (Å²) in [7, 11) is -3.37. The van der Waals surface area contributed by atoms with Gasteiger partial charge < -0.3 is 5.32 Å². The molecule has 26 heavy (non-hydrogen) atoms. The summed E-state index contributed by atoms with van der Waals surface area (Å²) in [5.41, 5.74) is 2.67. The van der Waals surface area contributed by atoms with Crippen molar-refractivity contribution in [3.8, 4) is 0 Å². The minimum atomic E-state index is -3.37. The minimum absolute atomic E-state index is 0.195. The van der Waals surface area contributed by atoms with Crippen LogP contribution in [0, 0.1) is 12.7 Å². The Labute approximate surface area is 155 Å². The first-order valence-electron chi connectivity index (χ1n) is 9.02. The van der Waals surface area contributed by atoms with E-state index in [-0.39, 0.29) is 5.82 Å². The van der Waals surface area contributed by atoms with Crippen LogP contribution in [0.2, 0.25) is 0 Å². The summed E-state index contributed by atoms with van der Waals surface area (Å²) in [4.78, 5) is 0.359. The van der Waals surface area contributed by atoms with Gasteiger partial charge in [0.25, 0.3) is 0 Å². The second-order valence-electron chi connectivity index (χ2n) is 6.80. The van der Waals surface area contributed by atoms with Gasteiger partial charge in [-0.15, -0.1) is 0 Å². The van der Waals surface area contributed by atoms with Crippen LogP contribution in [0.1, 0.15) is 36.0 Å². The second kappa shape index (κ2) is 8.29. The Morgan fingerprint density at radius 3 is 2.23 bits per heavy atom. The van der Waals surface area contributed by atoms with Gasteiger partial charge in [-0.05, 0) is 54.7 Å². The molecule has 1 N–H and O–H groups in total. The van der Waals surface area contributed by atoms with Crippen molar-refractivity contribution in [2.45, 2.75) is 44.2 Å². The molecule has 0 amide bonds. The first-order chi connectivity index (χ1) is 12.5. The molecule has 3 rings (SSSR count). The summed E-state index contributed by atoms with van der Waals surface area (Å²) in [5, 5.41) is 3.30. The molecule has 0 spiro atoms. The van der Waals surface area contributed by atoms with Crippen molar-refractivity contribution in [1.29, 1.82) is 0 Å². The molecule has 0 aromatic heterocycles. The van der Waals surface area contributed by atoms with Crippen LogP contribution in [0.4, 0.5) is 4.39 Å². The van der Waals surface area contributed by atoms with Gasteiger partial charge in [0, 0.05) is 26.2 Å². The SMILES string of the molecule is Cc1cc(CNCc2ccc(S(=O)(=O)N3CCCCC3)cc2)ccc1F. The molecule has 140 valence electrons. The zero-order chi connectivity index (χ0) is 18.6. The summed E-state index contributed by atoms with van der Waals surface area (Å²) in [6.45, 7) is 4.24. The van der Waals surface area contributed by atoms with E-state index < -0.39 is 10.0 Å². The summed E-state index contributed by atoms with van der Waals surface area (Å²) in [6.07, 6.45) is 2.97. The third-order valence-corrected chi connectivity index (χ3v) is 6.67. The van der Waals surface area contributed by atoms with Gasteiger partial charge in [0.15, 0.2) is 0 Å². The Morgan fingerprint density at radius 1 is 0.962 bits per heavy atom. The Hall–Kier alpha value is -1.76. The van der Waals surface area contributed by atoms with Crippen molar-refractivity contribution >= 4 is 10.0 Å². The van der Waals surface area contributed by atoms with Gasteiger partial charge in [-0.2, -0.15) is 4.31 Å². The summed E-state index contributed by atoms with van der Waals surface area (Å²) < 4.78 is 40.1. The number of halogens is 1.